The molecule has 82 valence electrons. The largest absolute Gasteiger partial charge is 0.365 e. The molecule has 0 aliphatic rings. The molecule has 0 aliphatic heterocycles. The number of ether oxygens (including phenoxy) is 1. The molecular weight excluding hydrogens is 188 g/mol. The fourth-order valence-electron chi connectivity index (χ4n) is 1.16. The number of aliphatic hydroxyl groups is 1. The smallest absolute Gasteiger partial charge is 0.174 e. The number of aliphatic hydroxyl groups excluding tert-OH is 1. The Balaban J connectivity index is 2.31. The predicted molar refractivity (Wildman–Crippen MR) is 62.3 cm³/mol. The summed E-state index contributed by atoms with van der Waals surface area (Å²) in [5.74, 6) is 0. The summed E-state index contributed by atoms with van der Waals surface area (Å²) >= 11 is 0. The van der Waals surface area contributed by atoms with Crippen LogP contribution in [0.5, 0.6) is 0 Å². The van der Waals surface area contributed by atoms with Gasteiger partial charge in [0, 0.05) is 0 Å². The first-order valence-electron chi connectivity index (χ1n) is 5.36. The van der Waals surface area contributed by atoms with Gasteiger partial charge in [-0.1, -0.05) is 49.8 Å². The Kier molecular flexibility index (Phi) is 5.74. The molecule has 0 aliphatic carbocycles. The summed E-state index contributed by atoms with van der Waals surface area (Å²) in [5.41, 5.74) is 1.07. The van der Waals surface area contributed by atoms with Crippen molar-refractivity contribution in [2.75, 3.05) is 6.61 Å². The molecule has 0 bridgehead atoms. The average molecular weight is 206 g/mol. The van der Waals surface area contributed by atoms with Gasteiger partial charge in [0.2, 0.25) is 0 Å². The van der Waals surface area contributed by atoms with E-state index in [1.54, 1.807) is 6.08 Å². The molecule has 1 aromatic rings. The maximum Gasteiger partial charge on any atom is 0.174 e. The minimum absolute atomic E-state index is 0.608. The van der Waals surface area contributed by atoms with Crippen molar-refractivity contribution in [2.24, 2.45) is 0 Å². The highest BCUT2D eigenvalue weighted by atomic mass is 16.6. The van der Waals surface area contributed by atoms with E-state index in [0.717, 1.165) is 18.4 Å². The van der Waals surface area contributed by atoms with Crippen LogP contribution in [0.15, 0.2) is 36.4 Å². The molecule has 0 aromatic heterocycles. The molecule has 15 heavy (non-hydrogen) atoms. The SMILES string of the molecule is CCCCOC(O)/C=C/c1ccccc1. The zero-order valence-electron chi connectivity index (χ0n) is 9.10. The lowest BCUT2D eigenvalue weighted by atomic mass is 10.2. The first kappa shape index (κ1) is 12.0. The third kappa shape index (κ3) is 5.35. The average Bonchev–Trinajstić information content (AvgIpc) is 2.28. The van der Waals surface area contributed by atoms with Crippen molar-refractivity contribution in [3.05, 3.63) is 42.0 Å². The molecule has 1 atom stereocenters. The van der Waals surface area contributed by atoms with Crippen LogP contribution < -0.4 is 0 Å². The van der Waals surface area contributed by atoms with Gasteiger partial charge in [0.25, 0.3) is 0 Å². The summed E-state index contributed by atoms with van der Waals surface area (Å²) in [5, 5.41) is 9.43. The van der Waals surface area contributed by atoms with Gasteiger partial charge in [-0.15, -0.1) is 0 Å². The monoisotopic (exact) mass is 206 g/mol. The maximum absolute atomic E-state index is 9.43. The molecular formula is C13H18O2. The van der Waals surface area contributed by atoms with Gasteiger partial charge in [-0.3, -0.25) is 0 Å². The van der Waals surface area contributed by atoms with Crippen LogP contribution >= 0.6 is 0 Å². The number of benzene rings is 1. The quantitative estimate of drug-likeness (QED) is 0.573. The van der Waals surface area contributed by atoms with E-state index in [2.05, 4.69) is 6.92 Å². The standard InChI is InChI=1S/C13H18O2/c1-2-3-11-15-13(14)10-9-12-7-5-4-6-8-12/h4-10,13-14H,2-3,11H2,1H3/b10-9+. The molecule has 0 saturated heterocycles. The highest BCUT2D eigenvalue weighted by Crippen LogP contribution is 2.03. The normalized spacial score (nSPS) is 13.2. The number of hydrogen-bond donors (Lipinski definition) is 1. The molecule has 1 aromatic carbocycles. The molecule has 0 amide bonds. The van der Waals surface area contributed by atoms with Gasteiger partial charge < -0.3 is 9.84 Å². The fourth-order valence-corrected chi connectivity index (χ4v) is 1.16. The lowest BCUT2D eigenvalue weighted by Gasteiger charge is -2.06. The van der Waals surface area contributed by atoms with E-state index in [-0.39, 0.29) is 0 Å². The van der Waals surface area contributed by atoms with Gasteiger partial charge in [-0.2, -0.15) is 0 Å². The van der Waals surface area contributed by atoms with Gasteiger partial charge >= 0.3 is 0 Å². The van der Waals surface area contributed by atoms with Crippen LogP contribution in [-0.4, -0.2) is 18.0 Å². The van der Waals surface area contributed by atoms with Crippen molar-refractivity contribution >= 4 is 6.08 Å². The van der Waals surface area contributed by atoms with E-state index in [1.165, 1.54) is 0 Å². The Morgan fingerprint density at radius 2 is 2.07 bits per heavy atom. The van der Waals surface area contributed by atoms with E-state index in [9.17, 15) is 5.11 Å². The highest BCUT2D eigenvalue weighted by molar-refractivity contribution is 5.48. The fraction of sp³-hybridized carbons (Fsp3) is 0.385. The van der Waals surface area contributed by atoms with Crippen molar-refractivity contribution in [1.29, 1.82) is 0 Å². The van der Waals surface area contributed by atoms with Crippen molar-refractivity contribution in [2.45, 2.75) is 26.1 Å². The predicted octanol–water partition coefficient (Wildman–Crippen LogP) is 2.83. The molecule has 1 unspecified atom stereocenters. The van der Waals surface area contributed by atoms with Crippen molar-refractivity contribution in [3.8, 4) is 0 Å². The molecule has 2 heteroatoms. The van der Waals surface area contributed by atoms with Crippen molar-refractivity contribution in [1.82, 2.24) is 0 Å². The maximum atomic E-state index is 9.43. The molecule has 0 spiro atoms. The van der Waals surface area contributed by atoms with E-state index in [1.807, 2.05) is 36.4 Å². The van der Waals surface area contributed by atoms with E-state index in [4.69, 9.17) is 4.74 Å². The summed E-state index contributed by atoms with van der Waals surface area (Å²) in [7, 11) is 0. The topological polar surface area (TPSA) is 29.5 Å². The van der Waals surface area contributed by atoms with Gasteiger partial charge in [-0.25, -0.2) is 0 Å². The molecule has 1 N–H and O–H groups in total. The number of rotatable bonds is 6. The second kappa shape index (κ2) is 7.21. The number of unbranched alkanes of at least 4 members (excludes halogenated alkanes) is 1. The van der Waals surface area contributed by atoms with Gasteiger partial charge in [0.05, 0.1) is 6.61 Å². The minimum Gasteiger partial charge on any atom is -0.365 e. The Morgan fingerprint density at radius 3 is 2.73 bits per heavy atom. The summed E-state index contributed by atoms with van der Waals surface area (Å²) < 4.78 is 5.17. The van der Waals surface area contributed by atoms with Crippen LogP contribution in [0.3, 0.4) is 0 Å². The molecule has 0 radical (unpaired) electrons. The summed E-state index contributed by atoms with van der Waals surface area (Å²) in [6.07, 6.45) is 4.78. The second-order valence-corrected chi connectivity index (χ2v) is 3.38. The van der Waals surface area contributed by atoms with Crippen LogP contribution in [0, 0.1) is 0 Å². The van der Waals surface area contributed by atoms with Crippen LogP contribution in [0.4, 0.5) is 0 Å². The van der Waals surface area contributed by atoms with Crippen LogP contribution in [0.1, 0.15) is 25.3 Å². The highest BCUT2D eigenvalue weighted by Gasteiger charge is 1.96. The summed E-state index contributed by atoms with van der Waals surface area (Å²) in [6, 6.07) is 9.85. The number of hydrogen-bond acceptors (Lipinski definition) is 2. The Hall–Kier alpha value is -1.12. The third-order valence-electron chi connectivity index (χ3n) is 2.04. The Morgan fingerprint density at radius 1 is 1.33 bits per heavy atom. The van der Waals surface area contributed by atoms with Crippen molar-refractivity contribution < 1.29 is 9.84 Å². The zero-order chi connectivity index (χ0) is 10.9. The van der Waals surface area contributed by atoms with Gasteiger partial charge in [0.1, 0.15) is 0 Å². The first-order chi connectivity index (χ1) is 7.33. The van der Waals surface area contributed by atoms with Crippen LogP contribution in [-0.2, 0) is 4.74 Å². The molecule has 0 fully saturated rings. The van der Waals surface area contributed by atoms with Crippen molar-refractivity contribution in [3.63, 3.8) is 0 Å². The minimum atomic E-state index is -0.795. The van der Waals surface area contributed by atoms with Gasteiger partial charge in [0.15, 0.2) is 6.29 Å². The zero-order valence-corrected chi connectivity index (χ0v) is 9.10. The van der Waals surface area contributed by atoms with E-state index >= 15 is 0 Å². The first-order valence-corrected chi connectivity index (χ1v) is 5.36. The molecule has 0 heterocycles. The summed E-state index contributed by atoms with van der Waals surface area (Å²) in [4.78, 5) is 0. The lowest BCUT2D eigenvalue weighted by Crippen LogP contribution is -2.08. The molecule has 1 rings (SSSR count). The van der Waals surface area contributed by atoms with Crippen LogP contribution in [0.25, 0.3) is 6.08 Å². The Labute approximate surface area is 91.2 Å². The second-order valence-electron chi connectivity index (χ2n) is 3.38. The lowest BCUT2D eigenvalue weighted by molar-refractivity contribution is -0.0642. The molecule has 2 nitrogen and oxygen atoms in total. The summed E-state index contributed by atoms with van der Waals surface area (Å²) in [6.45, 7) is 2.70. The van der Waals surface area contributed by atoms with Gasteiger partial charge in [-0.05, 0) is 18.1 Å². The van der Waals surface area contributed by atoms with E-state index < -0.39 is 6.29 Å². The third-order valence-corrected chi connectivity index (χ3v) is 2.04. The molecule has 0 saturated carbocycles. The Bertz CT molecular complexity index is 280. The van der Waals surface area contributed by atoms with Crippen LogP contribution in [0.2, 0.25) is 0 Å². The van der Waals surface area contributed by atoms with E-state index in [0.29, 0.717) is 6.61 Å².